The average Bonchev–Trinajstić information content (AvgIpc) is 3.26. The van der Waals surface area contributed by atoms with Crippen molar-refractivity contribution in [2.45, 2.75) is 32.6 Å². The van der Waals surface area contributed by atoms with Crippen LogP contribution in [0.4, 0.5) is 5.82 Å². The molecule has 1 amide bonds. The molecule has 0 fully saturated rings. The van der Waals surface area contributed by atoms with E-state index in [4.69, 9.17) is 0 Å². The van der Waals surface area contributed by atoms with Crippen molar-refractivity contribution in [3.63, 3.8) is 0 Å². The Bertz CT molecular complexity index is 1040. The van der Waals surface area contributed by atoms with Gasteiger partial charge in [0.1, 0.15) is 5.82 Å². The Balaban J connectivity index is 1.79. The van der Waals surface area contributed by atoms with Crippen molar-refractivity contribution in [2.75, 3.05) is 5.32 Å². The fourth-order valence-corrected chi connectivity index (χ4v) is 4.62. The van der Waals surface area contributed by atoms with Gasteiger partial charge in [0.25, 0.3) is 0 Å². The van der Waals surface area contributed by atoms with Gasteiger partial charge in [0.15, 0.2) is 5.78 Å². The summed E-state index contributed by atoms with van der Waals surface area (Å²) in [7, 11) is 0. The molecule has 3 aromatic rings. The maximum Gasteiger partial charge on any atom is 0.226 e. The lowest BCUT2D eigenvalue weighted by Crippen LogP contribution is -2.28. The molecule has 4 rings (SSSR count). The van der Waals surface area contributed by atoms with Crippen molar-refractivity contribution in [2.24, 2.45) is 0 Å². The molecule has 0 saturated carbocycles. The zero-order chi connectivity index (χ0) is 19.1. The summed E-state index contributed by atoms with van der Waals surface area (Å²) in [6.45, 7) is 3.95. The normalized spacial score (nSPS) is 16.1. The molecule has 1 N–H and O–H groups in total. The van der Waals surface area contributed by atoms with Crippen LogP contribution in [-0.2, 0) is 11.2 Å². The number of anilines is 1. The molecule has 7 heteroatoms. The third-order valence-corrected chi connectivity index (χ3v) is 6.52. The largest absolute Gasteiger partial charge is 0.310 e. The molecule has 1 aliphatic rings. The second-order valence-corrected chi connectivity index (χ2v) is 8.61. The van der Waals surface area contributed by atoms with Crippen LogP contribution < -0.4 is 5.32 Å². The third-order valence-electron chi connectivity index (χ3n) is 4.74. The molecule has 0 saturated heterocycles. The molecular formula is C20H18BrN3O2S. The fraction of sp³-hybridized carbons (Fsp3) is 0.250. The van der Waals surface area contributed by atoms with E-state index in [2.05, 4.69) is 33.3 Å². The van der Waals surface area contributed by atoms with Crippen molar-refractivity contribution in [3.8, 4) is 5.69 Å². The van der Waals surface area contributed by atoms with Gasteiger partial charge in [-0.3, -0.25) is 9.59 Å². The highest BCUT2D eigenvalue weighted by Gasteiger charge is 2.36. The summed E-state index contributed by atoms with van der Waals surface area (Å²) in [5, 5.41) is 7.53. The Kier molecular flexibility index (Phi) is 4.74. The van der Waals surface area contributed by atoms with Crippen molar-refractivity contribution < 1.29 is 9.59 Å². The molecule has 1 unspecified atom stereocenters. The van der Waals surface area contributed by atoms with Crippen LogP contribution in [0.2, 0.25) is 0 Å². The van der Waals surface area contributed by atoms with Gasteiger partial charge in [-0.25, -0.2) is 4.68 Å². The quantitative estimate of drug-likeness (QED) is 0.584. The van der Waals surface area contributed by atoms with Crippen LogP contribution in [0, 0.1) is 6.92 Å². The summed E-state index contributed by atoms with van der Waals surface area (Å²) >= 11 is 4.93. The van der Waals surface area contributed by atoms with Crippen LogP contribution in [0.1, 0.15) is 45.1 Å². The van der Waals surface area contributed by atoms with E-state index in [-0.39, 0.29) is 18.1 Å². The highest BCUT2D eigenvalue weighted by Crippen LogP contribution is 2.39. The molecule has 1 aromatic carbocycles. The molecule has 0 spiro atoms. The van der Waals surface area contributed by atoms with Gasteiger partial charge in [0.2, 0.25) is 5.91 Å². The summed E-state index contributed by atoms with van der Waals surface area (Å²) in [6.07, 6.45) is 1.05. The van der Waals surface area contributed by atoms with Gasteiger partial charge >= 0.3 is 0 Å². The van der Waals surface area contributed by atoms with E-state index < -0.39 is 5.92 Å². The Labute approximate surface area is 169 Å². The Morgan fingerprint density at radius 3 is 2.70 bits per heavy atom. The van der Waals surface area contributed by atoms with Crippen molar-refractivity contribution in [1.29, 1.82) is 0 Å². The minimum atomic E-state index is -0.499. The third kappa shape index (κ3) is 3.26. The monoisotopic (exact) mass is 443 g/mol. The van der Waals surface area contributed by atoms with Gasteiger partial charge in [-0.1, -0.05) is 22.9 Å². The SMILES string of the molecule is CCc1ccc(C(=O)C2CC(=O)Nc3c2c(C)nn3-c2ccc(Br)cc2)s1. The zero-order valence-corrected chi connectivity index (χ0v) is 17.4. The first-order valence-electron chi connectivity index (χ1n) is 8.76. The molecule has 2 aromatic heterocycles. The smallest absolute Gasteiger partial charge is 0.226 e. The predicted octanol–water partition coefficient (Wildman–Crippen LogP) is 4.88. The van der Waals surface area contributed by atoms with Gasteiger partial charge in [0.05, 0.1) is 22.2 Å². The molecular weight excluding hydrogens is 426 g/mol. The van der Waals surface area contributed by atoms with E-state index in [1.165, 1.54) is 16.2 Å². The second-order valence-electron chi connectivity index (χ2n) is 6.52. The number of hydrogen-bond donors (Lipinski definition) is 1. The van der Waals surface area contributed by atoms with Gasteiger partial charge in [-0.2, -0.15) is 5.10 Å². The van der Waals surface area contributed by atoms with Crippen LogP contribution in [-0.4, -0.2) is 21.5 Å². The van der Waals surface area contributed by atoms with Crippen molar-refractivity contribution in [3.05, 3.63) is 61.9 Å². The fourth-order valence-electron chi connectivity index (χ4n) is 3.41. The summed E-state index contributed by atoms with van der Waals surface area (Å²) in [4.78, 5) is 27.4. The molecule has 27 heavy (non-hydrogen) atoms. The first kappa shape index (κ1) is 18.1. The first-order chi connectivity index (χ1) is 13.0. The van der Waals surface area contributed by atoms with E-state index >= 15 is 0 Å². The molecule has 0 radical (unpaired) electrons. The lowest BCUT2D eigenvalue weighted by Gasteiger charge is -2.22. The van der Waals surface area contributed by atoms with Crippen LogP contribution in [0.5, 0.6) is 0 Å². The number of Topliss-reactive ketones (excluding diaryl/α,β-unsaturated/α-hetero) is 1. The molecule has 0 bridgehead atoms. The first-order valence-corrected chi connectivity index (χ1v) is 10.4. The van der Waals surface area contributed by atoms with Gasteiger partial charge in [-0.05, 0) is 49.7 Å². The van der Waals surface area contributed by atoms with E-state index in [0.717, 1.165) is 27.8 Å². The van der Waals surface area contributed by atoms with Gasteiger partial charge in [-0.15, -0.1) is 11.3 Å². The minimum Gasteiger partial charge on any atom is -0.310 e. The molecule has 0 aliphatic carbocycles. The van der Waals surface area contributed by atoms with Gasteiger partial charge in [0, 0.05) is 21.3 Å². The average molecular weight is 444 g/mol. The maximum atomic E-state index is 13.2. The lowest BCUT2D eigenvalue weighted by molar-refractivity contribution is -0.116. The van der Waals surface area contributed by atoms with Crippen LogP contribution >= 0.6 is 27.3 Å². The number of rotatable bonds is 4. The number of nitrogens with one attached hydrogen (secondary N) is 1. The zero-order valence-electron chi connectivity index (χ0n) is 15.0. The molecule has 1 atom stereocenters. The molecule has 5 nitrogen and oxygen atoms in total. The second kappa shape index (κ2) is 7.05. The number of aromatic nitrogens is 2. The molecule has 1 aliphatic heterocycles. The number of ketones is 1. The Hall–Kier alpha value is -2.25. The van der Waals surface area contributed by atoms with Crippen molar-refractivity contribution >= 4 is 44.8 Å². The van der Waals surface area contributed by atoms with E-state index in [1.807, 2.05) is 43.3 Å². The number of halogens is 1. The standard InChI is InChI=1S/C20H18BrN3O2S/c1-3-14-8-9-16(27-14)19(26)15-10-17(25)22-20-18(15)11(2)23-24(20)13-6-4-12(21)5-7-13/h4-9,15H,3,10H2,1-2H3,(H,22,25). The number of nitrogens with zero attached hydrogens (tertiary/aromatic N) is 2. The predicted molar refractivity (Wildman–Crippen MR) is 110 cm³/mol. The van der Waals surface area contributed by atoms with Crippen molar-refractivity contribution in [1.82, 2.24) is 9.78 Å². The summed E-state index contributed by atoms with van der Waals surface area (Å²) in [5.74, 6) is -0.0707. The van der Waals surface area contributed by atoms with E-state index in [1.54, 1.807) is 4.68 Å². The number of benzene rings is 1. The lowest BCUT2D eigenvalue weighted by atomic mass is 9.87. The highest BCUT2D eigenvalue weighted by molar-refractivity contribution is 9.10. The molecule has 138 valence electrons. The number of aryl methyl sites for hydroxylation is 2. The topological polar surface area (TPSA) is 64.0 Å². The van der Waals surface area contributed by atoms with E-state index in [0.29, 0.717) is 10.7 Å². The summed E-state index contributed by atoms with van der Waals surface area (Å²) in [5.41, 5.74) is 2.41. The Morgan fingerprint density at radius 1 is 1.30 bits per heavy atom. The number of carbonyl (C=O) groups is 2. The van der Waals surface area contributed by atoms with Crippen LogP contribution in [0.15, 0.2) is 40.9 Å². The van der Waals surface area contributed by atoms with Gasteiger partial charge < -0.3 is 5.32 Å². The summed E-state index contributed by atoms with van der Waals surface area (Å²) < 4.78 is 2.67. The number of carbonyl (C=O) groups excluding carboxylic acids is 2. The minimum absolute atomic E-state index is 0.00532. The number of thiophene rings is 1. The van der Waals surface area contributed by atoms with Crippen LogP contribution in [0.3, 0.4) is 0 Å². The number of fused-ring (bicyclic) bond motifs is 1. The Morgan fingerprint density at radius 2 is 2.04 bits per heavy atom. The maximum absolute atomic E-state index is 13.2. The number of amides is 1. The highest BCUT2D eigenvalue weighted by atomic mass is 79.9. The molecule has 3 heterocycles. The number of hydrogen-bond acceptors (Lipinski definition) is 4. The van der Waals surface area contributed by atoms with Crippen LogP contribution in [0.25, 0.3) is 5.69 Å². The van der Waals surface area contributed by atoms with E-state index in [9.17, 15) is 9.59 Å². The summed E-state index contributed by atoms with van der Waals surface area (Å²) in [6, 6.07) is 11.5.